The first-order valence-electron chi connectivity index (χ1n) is 6.08. The maximum absolute atomic E-state index is 9.44. The molecule has 0 atom stereocenters. The van der Waals surface area contributed by atoms with Crippen LogP contribution in [-0.4, -0.2) is 38.0 Å². The number of nitrogens with one attached hydrogen (secondary N) is 1. The molecule has 2 aromatic rings. The zero-order valence-electron chi connectivity index (χ0n) is 12.5. The first kappa shape index (κ1) is 23.0. The molecule has 0 radical (unpaired) electrons. The Morgan fingerprint density at radius 2 is 1.95 bits per heavy atom. The molecular weight excluding hydrogens is 388 g/mol. The van der Waals surface area contributed by atoms with Crippen molar-refractivity contribution in [2.75, 3.05) is 11.5 Å². The monoisotopic (exact) mass is 402 g/mol. The van der Waals surface area contributed by atoms with Crippen LogP contribution < -0.4 is 51.4 Å². The van der Waals surface area contributed by atoms with Crippen LogP contribution in [0.5, 0.6) is 0 Å². The van der Waals surface area contributed by atoms with Gasteiger partial charge in [-0.1, -0.05) is 38.2 Å². The number of hydrogen-bond donors (Lipinski definition) is 1. The summed E-state index contributed by atoms with van der Waals surface area (Å²) < 4.78 is 29.2. The van der Waals surface area contributed by atoms with Gasteiger partial charge < -0.3 is 9.54 Å². The van der Waals surface area contributed by atoms with Gasteiger partial charge in [0.05, 0.1) is 21.2 Å². The van der Waals surface area contributed by atoms with Crippen molar-refractivity contribution in [3.8, 4) is 0 Å². The first-order valence-corrected chi connectivity index (χ1v) is 9.87. The van der Waals surface area contributed by atoms with E-state index in [9.17, 15) is 13.0 Å². The topological polar surface area (TPSA) is 85.9 Å². The number of nitrogens with zero attached hydrogens (tertiary/aromatic N) is 1. The molecule has 0 aliphatic carbocycles. The Morgan fingerprint density at radius 1 is 1.36 bits per heavy atom. The number of hydrogen-bond acceptors (Lipinski definition) is 7. The molecule has 0 fully saturated rings. The van der Waals surface area contributed by atoms with E-state index in [2.05, 4.69) is 16.9 Å². The van der Waals surface area contributed by atoms with Crippen molar-refractivity contribution in [3.63, 3.8) is 0 Å². The summed E-state index contributed by atoms with van der Waals surface area (Å²) in [6.07, 6.45) is 0. The van der Waals surface area contributed by atoms with E-state index in [4.69, 9.17) is 12.2 Å². The van der Waals surface area contributed by atoms with Crippen LogP contribution in [0, 0.1) is 0 Å². The number of thioether (sulfide) groups is 2. The molecule has 2 rings (SSSR count). The van der Waals surface area contributed by atoms with Crippen molar-refractivity contribution in [2.45, 2.75) is 19.0 Å². The number of thiocarbonyl (C=S) groups is 1. The predicted octanol–water partition coefficient (Wildman–Crippen LogP) is 0.248. The zero-order chi connectivity index (χ0) is 15.9. The third-order valence-corrected chi connectivity index (χ3v) is 5.16. The average Bonchev–Trinajstić information content (AvgIpc) is 2.80. The third kappa shape index (κ3) is 9.35. The van der Waals surface area contributed by atoms with E-state index in [1.54, 1.807) is 11.8 Å². The van der Waals surface area contributed by atoms with Crippen LogP contribution in [-0.2, 0) is 10.1 Å². The van der Waals surface area contributed by atoms with E-state index in [1.807, 2.05) is 24.3 Å². The van der Waals surface area contributed by atoms with Crippen molar-refractivity contribution in [1.29, 1.82) is 0 Å². The van der Waals surface area contributed by atoms with Gasteiger partial charge in [-0.05, 0) is 29.6 Å². The van der Waals surface area contributed by atoms with E-state index < -0.39 is 10.1 Å². The molecule has 22 heavy (non-hydrogen) atoms. The SMILES string of the molecule is CCS(=O)(=O)[O-].CCSC(=S)Sc1nc2ccccc2[nH]1.[K+]. The molecule has 0 bridgehead atoms. The molecule has 1 heterocycles. The van der Waals surface area contributed by atoms with Gasteiger partial charge >= 0.3 is 51.4 Å². The molecule has 0 saturated carbocycles. The van der Waals surface area contributed by atoms with E-state index in [1.165, 1.54) is 18.7 Å². The van der Waals surface area contributed by atoms with Gasteiger partial charge in [-0.2, -0.15) is 0 Å². The average molecular weight is 403 g/mol. The fourth-order valence-corrected chi connectivity index (χ4v) is 3.32. The Hall–Kier alpha value is 1.03. The number of para-hydroxylation sites is 2. The van der Waals surface area contributed by atoms with Crippen molar-refractivity contribution in [2.24, 2.45) is 0 Å². The second-order valence-corrected chi connectivity index (χ2v) is 8.84. The Morgan fingerprint density at radius 3 is 2.45 bits per heavy atom. The molecular formula is C12H15KN2O3S4. The van der Waals surface area contributed by atoms with Crippen LogP contribution in [0.1, 0.15) is 13.8 Å². The summed E-state index contributed by atoms with van der Waals surface area (Å²) in [4.78, 5) is 7.68. The molecule has 1 aromatic heterocycles. The van der Waals surface area contributed by atoms with Gasteiger partial charge in [0, 0.05) is 5.75 Å². The molecule has 0 aliphatic rings. The molecule has 0 amide bonds. The minimum absolute atomic E-state index is 0. The molecule has 10 heteroatoms. The summed E-state index contributed by atoms with van der Waals surface area (Å²) in [5.41, 5.74) is 2.05. The smallest absolute Gasteiger partial charge is 0.748 e. The molecule has 0 aliphatic heterocycles. The number of fused-ring (bicyclic) bond motifs is 1. The number of H-pyrrole nitrogens is 1. The van der Waals surface area contributed by atoms with Crippen LogP contribution >= 0.6 is 35.7 Å². The third-order valence-electron chi connectivity index (χ3n) is 2.16. The van der Waals surface area contributed by atoms with Gasteiger partial charge in [-0.3, -0.25) is 0 Å². The van der Waals surface area contributed by atoms with E-state index in [-0.39, 0.29) is 57.1 Å². The normalized spacial score (nSPS) is 10.5. The summed E-state index contributed by atoms with van der Waals surface area (Å²) in [7, 11) is -3.91. The summed E-state index contributed by atoms with van der Waals surface area (Å²) in [5.74, 6) is 0.694. The van der Waals surface area contributed by atoms with E-state index in [0.717, 1.165) is 25.5 Å². The second-order valence-electron chi connectivity index (χ2n) is 3.69. The van der Waals surface area contributed by atoms with Crippen LogP contribution in [0.2, 0.25) is 0 Å². The number of aromatic amines is 1. The number of benzene rings is 1. The van der Waals surface area contributed by atoms with Gasteiger partial charge in [-0.15, -0.1) is 11.8 Å². The van der Waals surface area contributed by atoms with Crippen molar-refractivity contribution in [3.05, 3.63) is 24.3 Å². The standard InChI is InChI=1S/C10H10N2S3.C2H6O3S.K/c1-2-14-10(13)15-9-11-7-5-3-4-6-8(7)12-9;1-2-6(3,4)5;/h3-6H,2H2,1H3,(H,11,12);2H2,1H3,(H,3,4,5);/q;;+1/p-1. The van der Waals surface area contributed by atoms with Crippen molar-refractivity contribution in [1.82, 2.24) is 9.97 Å². The number of rotatable bonds is 3. The van der Waals surface area contributed by atoms with Crippen LogP contribution in [0.3, 0.4) is 0 Å². The molecule has 0 spiro atoms. The van der Waals surface area contributed by atoms with Gasteiger partial charge in [0.2, 0.25) is 0 Å². The Balaban J connectivity index is 0.000000546. The van der Waals surface area contributed by atoms with Gasteiger partial charge in [0.25, 0.3) is 0 Å². The summed E-state index contributed by atoms with van der Waals surface area (Å²) in [6, 6.07) is 7.99. The summed E-state index contributed by atoms with van der Waals surface area (Å²) >= 11 is 8.40. The quantitative estimate of drug-likeness (QED) is 0.341. The Kier molecular flexibility index (Phi) is 12.1. The van der Waals surface area contributed by atoms with Crippen LogP contribution in [0.25, 0.3) is 11.0 Å². The molecule has 5 nitrogen and oxygen atoms in total. The Bertz CT molecular complexity index is 670. The zero-order valence-corrected chi connectivity index (χ0v) is 18.9. The maximum Gasteiger partial charge on any atom is 1.00 e. The minimum Gasteiger partial charge on any atom is -0.748 e. The number of imidazole rings is 1. The first-order chi connectivity index (χ1) is 9.85. The minimum atomic E-state index is -3.91. The fourth-order valence-electron chi connectivity index (χ4n) is 1.20. The van der Waals surface area contributed by atoms with Gasteiger partial charge in [-0.25, -0.2) is 13.4 Å². The second kappa shape index (κ2) is 11.6. The maximum atomic E-state index is 9.44. The molecule has 1 aromatic carbocycles. The van der Waals surface area contributed by atoms with Gasteiger partial charge in [0.15, 0.2) is 5.16 Å². The van der Waals surface area contributed by atoms with Gasteiger partial charge in [0.1, 0.15) is 3.53 Å². The Labute approximate surface area is 187 Å². The van der Waals surface area contributed by atoms with E-state index >= 15 is 0 Å². The molecule has 1 N–H and O–H groups in total. The fraction of sp³-hybridized carbons (Fsp3) is 0.333. The molecule has 0 saturated heterocycles. The number of aromatic nitrogens is 2. The van der Waals surface area contributed by atoms with E-state index in [0.29, 0.717) is 0 Å². The summed E-state index contributed by atoms with van der Waals surface area (Å²) in [5, 5.41) is 0.877. The van der Waals surface area contributed by atoms with Crippen LogP contribution in [0.4, 0.5) is 0 Å². The van der Waals surface area contributed by atoms with Crippen molar-refractivity contribution >= 4 is 60.4 Å². The van der Waals surface area contributed by atoms with Crippen LogP contribution in [0.15, 0.2) is 29.4 Å². The largest absolute Gasteiger partial charge is 1.00 e. The molecule has 116 valence electrons. The predicted molar refractivity (Wildman–Crippen MR) is 92.9 cm³/mol. The molecule has 0 unspecified atom stereocenters. The van der Waals surface area contributed by atoms with Crippen molar-refractivity contribution < 1.29 is 64.4 Å². The summed E-state index contributed by atoms with van der Waals surface area (Å²) in [6.45, 7) is 3.40.